The molecular formula is C14H11F4NS. The van der Waals surface area contributed by atoms with E-state index in [1.165, 1.54) is 30.0 Å². The summed E-state index contributed by atoms with van der Waals surface area (Å²) in [6.07, 6.45) is -4.39. The predicted octanol–water partition coefficient (Wildman–Crippen LogP) is 4.72. The molecule has 0 saturated heterocycles. The summed E-state index contributed by atoms with van der Waals surface area (Å²) in [7, 11) is 0. The highest BCUT2D eigenvalue weighted by molar-refractivity contribution is 7.98. The first-order chi connectivity index (χ1) is 9.36. The Labute approximate surface area is 117 Å². The molecule has 0 atom stereocenters. The van der Waals surface area contributed by atoms with Crippen molar-refractivity contribution in [1.29, 1.82) is 0 Å². The molecule has 0 fully saturated rings. The molecule has 1 nitrogen and oxygen atoms in total. The summed E-state index contributed by atoms with van der Waals surface area (Å²) < 4.78 is 50.2. The van der Waals surface area contributed by atoms with Crippen molar-refractivity contribution in [1.82, 2.24) is 0 Å². The van der Waals surface area contributed by atoms with Gasteiger partial charge in [-0.1, -0.05) is 12.1 Å². The Morgan fingerprint density at radius 2 is 1.65 bits per heavy atom. The number of halogens is 4. The summed E-state index contributed by atoms with van der Waals surface area (Å²) in [5, 5.41) is 0. The van der Waals surface area contributed by atoms with Crippen LogP contribution in [0.5, 0.6) is 0 Å². The maximum Gasteiger partial charge on any atom is 0.416 e. The first-order valence-electron chi connectivity index (χ1n) is 5.70. The number of hydrogen-bond donors (Lipinski definition) is 1. The molecule has 6 heteroatoms. The highest BCUT2D eigenvalue weighted by Gasteiger charge is 2.30. The monoisotopic (exact) mass is 301 g/mol. The van der Waals surface area contributed by atoms with E-state index in [2.05, 4.69) is 0 Å². The number of rotatable bonds is 3. The lowest BCUT2D eigenvalue weighted by Crippen LogP contribution is -2.05. The first kappa shape index (κ1) is 14.7. The minimum atomic E-state index is -4.39. The van der Waals surface area contributed by atoms with Gasteiger partial charge in [0.25, 0.3) is 0 Å². The van der Waals surface area contributed by atoms with E-state index in [-0.39, 0.29) is 11.5 Å². The fraction of sp³-hybridized carbons (Fsp3) is 0.143. The Morgan fingerprint density at radius 3 is 2.20 bits per heavy atom. The summed E-state index contributed by atoms with van der Waals surface area (Å²) in [4.78, 5) is 0.572. The minimum absolute atomic E-state index is 0.0898. The second-order valence-corrected chi connectivity index (χ2v) is 5.18. The van der Waals surface area contributed by atoms with Gasteiger partial charge in [0.2, 0.25) is 0 Å². The lowest BCUT2D eigenvalue weighted by molar-refractivity contribution is -0.137. The SMILES string of the molecule is Nc1cc(C(F)(F)F)ccc1SCc1ccc(F)cc1. The third-order valence-corrected chi connectivity index (χ3v) is 3.81. The summed E-state index contributed by atoms with van der Waals surface area (Å²) in [5.41, 5.74) is 5.82. The Balaban J connectivity index is 2.08. The van der Waals surface area contributed by atoms with Crippen molar-refractivity contribution in [2.24, 2.45) is 0 Å². The molecule has 0 heterocycles. The summed E-state index contributed by atoms with van der Waals surface area (Å²) in [5.74, 6) is 0.184. The van der Waals surface area contributed by atoms with Crippen molar-refractivity contribution in [2.75, 3.05) is 5.73 Å². The molecule has 0 aliphatic carbocycles. The van der Waals surface area contributed by atoms with E-state index < -0.39 is 11.7 Å². The van der Waals surface area contributed by atoms with Crippen molar-refractivity contribution < 1.29 is 17.6 Å². The van der Waals surface area contributed by atoms with Crippen molar-refractivity contribution >= 4 is 17.4 Å². The van der Waals surface area contributed by atoms with E-state index in [1.54, 1.807) is 12.1 Å². The number of thioether (sulfide) groups is 1. The Morgan fingerprint density at radius 1 is 1.00 bits per heavy atom. The molecule has 0 amide bonds. The second-order valence-electron chi connectivity index (χ2n) is 4.17. The third-order valence-electron chi connectivity index (χ3n) is 2.64. The number of alkyl halides is 3. The van der Waals surface area contributed by atoms with Gasteiger partial charge in [0.15, 0.2) is 0 Å². The van der Waals surface area contributed by atoms with Crippen LogP contribution in [0.25, 0.3) is 0 Å². The summed E-state index contributed by atoms with van der Waals surface area (Å²) >= 11 is 1.31. The Bertz CT molecular complexity index is 593. The van der Waals surface area contributed by atoms with Gasteiger partial charge in [0, 0.05) is 16.3 Å². The van der Waals surface area contributed by atoms with Gasteiger partial charge in [0.1, 0.15) is 5.82 Å². The van der Waals surface area contributed by atoms with Gasteiger partial charge in [-0.25, -0.2) is 4.39 Å². The van der Waals surface area contributed by atoms with Gasteiger partial charge in [0.05, 0.1) is 5.56 Å². The van der Waals surface area contributed by atoms with Gasteiger partial charge >= 0.3 is 6.18 Å². The molecule has 20 heavy (non-hydrogen) atoms. The third kappa shape index (κ3) is 3.66. The number of nitrogens with two attached hydrogens (primary N) is 1. The van der Waals surface area contributed by atoms with Crippen LogP contribution in [-0.2, 0) is 11.9 Å². The van der Waals surface area contributed by atoms with Crippen molar-refractivity contribution in [3.05, 3.63) is 59.4 Å². The molecule has 0 radical (unpaired) electrons. The highest BCUT2D eigenvalue weighted by atomic mass is 32.2. The number of hydrogen-bond acceptors (Lipinski definition) is 2. The maximum absolute atomic E-state index is 12.7. The van der Waals surface area contributed by atoms with Gasteiger partial charge in [-0.05, 0) is 35.9 Å². The molecule has 0 bridgehead atoms. The molecule has 0 aliphatic heterocycles. The minimum Gasteiger partial charge on any atom is -0.398 e. The molecule has 0 unspecified atom stereocenters. The molecule has 2 aromatic rings. The van der Waals surface area contributed by atoms with Crippen molar-refractivity contribution in [3.63, 3.8) is 0 Å². The molecule has 106 valence electrons. The van der Waals surface area contributed by atoms with Crippen LogP contribution in [-0.4, -0.2) is 0 Å². The highest BCUT2D eigenvalue weighted by Crippen LogP contribution is 2.35. The predicted molar refractivity (Wildman–Crippen MR) is 71.8 cm³/mol. The number of nitrogen functional groups attached to an aromatic ring is 1. The molecule has 0 aliphatic rings. The largest absolute Gasteiger partial charge is 0.416 e. The van der Waals surface area contributed by atoms with Crippen LogP contribution in [0.3, 0.4) is 0 Å². The van der Waals surface area contributed by atoms with Crippen LogP contribution < -0.4 is 5.73 Å². The Hall–Kier alpha value is -1.69. The van der Waals surface area contributed by atoms with Gasteiger partial charge in [-0.3, -0.25) is 0 Å². The smallest absolute Gasteiger partial charge is 0.398 e. The maximum atomic E-state index is 12.7. The molecule has 2 aromatic carbocycles. The van der Waals surface area contributed by atoms with Crippen LogP contribution in [0.15, 0.2) is 47.4 Å². The number of anilines is 1. The lowest BCUT2D eigenvalue weighted by atomic mass is 10.2. The van der Waals surface area contributed by atoms with E-state index >= 15 is 0 Å². The fourth-order valence-corrected chi connectivity index (χ4v) is 2.50. The standard InChI is InChI=1S/C14H11F4NS/c15-11-4-1-9(2-5-11)8-20-13-6-3-10(7-12(13)19)14(16,17)18/h1-7H,8,19H2. The van der Waals surface area contributed by atoms with Gasteiger partial charge in [-0.2, -0.15) is 13.2 Å². The second kappa shape index (κ2) is 5.75. The molecule has 2 N–H and O–H groups in total. The van der Waals surface area contributed by atoms with E-state index in [9.17, 15) is 17.6 Å². The normalized spacial score (nSPS) is 11.6. The zero-order valence-corrected chi connectivity index (χ0v) is 11.1. The molecule has 0 aromatic heterocycles. The zero-order valence-electron chi connectivity index (χ0n) is 10.2. The number of benzene rings is 2. The van der Waals surface area contributed by atoms with E-state index in [1.807, 2.05) is 0 Å². The summed E-state index contributed by atoms with van der Waals surface area (Å²) in [6, 6.07) is 9.21. The molecule has 0 saturated carbocycles. The molecule has 2 rings (SSSR count). The van der Waals surface area contributed by atoms with E-state index in [0.717, 1.165) is 17.7 Å². The van der Waals surface area contributed by atoms with E-state index in [4.69, 9.17) is 5.73 Å². The first-order valence-corrected chi connectivity index (χ1v) is 6.69. The zero-order chi connectivity index (χ0) is 14.8. The van der Waals surface area contributed by atoms with Crippen LogP contribution in [0.1, 0.15) is 11.1 Å². The Kier molecular flexibility index (Phi) is 4.23. The van der Waals surface area contributed by atoms with Crippen LogP contribution in [0, 0.1) is 5.82 Å². The quantitative estimate of drug-likeness (QED) is 0.504. The average molecular weight is 301 g/mol. The van der Waals surface area contributed by atoms with Crippen molar-refractivity contribution in [3.8, 4) is 0 Å². The lowest BCUT2D eigenvalue weighted by Gasteiger charge is -2.10. The van der Waals surface area contributed by atoms with Gasteiger partial charge < -0.3 is 5.73 Å². The van der Waals surface area contributed by atoms with E-state index in [0.29, 0.717) is 10.6 Å². The van der Waals surface area contributed by atoms with Gasteiger partial charge in [-0.15, -0.1) is 11.8 Å². The van der Waals surface area contributed by atoms with Crippen LogP contribution >= 0.6 is 11.8 Å². The molecule has 0 spiro atoms. The van der Waals surface area contributed by atoms with Crippen LogP contribution in [0.4, 0.5) is 23.2 Å². The van der Waals surface area contributed by atoms with Crippen molar-refractivity contribution in [2.45, 2.75) is 16.8 Å². The summed E-state index contributed by atoms with van der Waals surface area (Å²) in [6.45, 7) is 0. The average Bonchev–Trinajstić information content (AvgIpc) is 2.38. The molecular weight excluding hydrogens is 290 g/mol. The topological polar surface area (TPSA) is 26.0 Å². The van der Waals surface area contributed by atoms with Crippen LogP contribution in [0.2, 0.25) is 0 Å². The fourth-order valence-electron chi connectivity index (χ4n) is 1.60.